The van der Waals surface area contributed by atoms with Crippen LogP contribution in [0.25, 0.3) is 0 Å². The highest BCUT2D eigenvalue weighted by Gasteiger charge is 2.11. The van der Waals surface area contributed by atoms with E-state index in [0.717, 1.165) is 5.56 Å². The van der Waals surface area contributed by atoms with Crippen LogP contribution in [0.2, 0.25) is 0 Å². The fraction of sp³-hybridized carbons (Fsp3) is 0.188. The van der Waals surface area contributed by atoms with Crippen LogP contribution < -0.4 is 0 Å². The largest absolute Gasteiger partial charge is 0.478 e. The number of ether oxygens (including phenoxy) is 1. The summed E-state index contributed by atoms with van der Waals surface area (Å²) in [5.74, 6) is -1.48. The maximum Gasteiger partial charge on any atom is 0.340 e. The lowest BCUT2D eigenvalue weighted by Gasteiger charge is -2.07. The molecular formula is C16H15NO4. The quantitative estimate of drug-likeness (QED) is 0.874. The lowest BCUT2D eigenvalue weighted by Crippen LogP contribution is -2.07. The lowest BCUT2D eigenvalue weighted by atomic mass is 10.1. The lowest BCUT2D eigenvalue weighted by molar-refractivity contribution is 0.0472. The summed E-state index contributed by atoms with van der Waals surface area (Å²) in [5.41, 5.74) is 2.75. The summed E-state index contributed by atoms with van der Waals surface area (Å²) < 4.78 is 5.17. The first-order chi connectivity index (χ1) is 9.97. The molecule has 1 N–H and O–H groups in total. The zero-order valence-electron chi connectivity index (χ0n) is 11.8. The number of pyridine rings is 1. The second kappa shape index (κ2) is 6.17. The number of nitrogens with zero attached hydrogens (tertiary/aromatic N) is 1. The number of carbonyl (C=O) groups is 2. The number of rotatable bonds is 4. The van der Waals surface area contributed by atoms with Gasteiger partial charge in [-0.3, -0.25) is 4.98 Å². The molecule has 0 amide bonds. The molecule has 0 saturated heterocycles. The number of benzene rings is 1. The minimum absolute atomic E-state index is 0.0212. The number of esters is 1. The third kappa shape index (κ3) is 3.66. The summed E-state index contributed by atoms with van der Waals surface area (Å²) in [6.45, 7) is 3.58. The molecule has 2 rings (SSSR count). The zero-order valence-corrected chi connectivity index (χ0v) is 11.8. The van der Waals surface area contributed by atoms with Crippen LogP contribution in [0.15, 0.2) is 36.7 Å². The molecule has 0 aliphatic heterocycles. The van der Waals surface area contributed by atoms with Crippen LogP contribution in [0.1, 0.15) is 37.4 Å². The van der Waals surface area contributed by atoms with Crippen molar-refractivity contribution in [3.63, 3.8) is 0 Å². The smallest absolute Gasteiger partial charge is 0.340 e. The average Bonchev–Trinajstić information content (AvgIpc) is 2.45. The second-order valence-electron chi connectivity index (χ2n) is 4.78. The van der Waals surface area contributed by atoms with E-state index in [1.54, 1.807) is 31.3 Å². The average molecular weight is 285 g/mol. The second-order valence-corrected chi connectivity index (χ2v) is 4.78. The summed E-state index contributed by atoms with van der Waals surface area (Å²) >= 11 is 0. The van der Waals surface area contributed by atoms with Crippen molar-refractivity contribution in [2.75, 3.05) is 0 Å². The molecule has 0 bridgehead atoms. The number of carboxylic acid groups (broad SMARTS) is 1. The Kier molecular flexibility index (Phi) is 4.33. The van der Waals surface area contributed by atoms with E-state index in [1.807, 2.05) is 6.92 Å². The fourth-order valence-electron chi connectivity index (χ4n) is 1.89. The van der Waals surface area contributed by atoms with E-state index in [2.05, 4.69) is 4.98 Å². The van der Waals surface area contributed by atoms with E-state index < -0.39 is 11.9 Å². The predicted octanol–water partition coefficient (Wildman–Crippen LogP) is 2.75. The minimum atomic E-state index is -0.997. The van der Waals surface area contributed by atoms with Crippen molar-refractivity contribution in [2.24, 2.45) is 0 Å². The molecule has 0 fully saturated rings. The van der Waals surface area contributed by atoms with Gasteiger partial charge in [0.15, 0.2) is 0 Å². The molecule has 108 valence electrons. The van der Waals surface area contributed by atoms with Crippen LogP contribution in [-0.4, -0.2) is 22.0 Å². The van der Waals surface area contributed by atoms with Crippen LogP contribution in [0.5, 0.6) is 0 Å². The Hall–Kier alpha value is -2.69. The van der Waals surface area contributed by atoms with Crippen LogP contribution in [0.3, 0.4) is 0 Å². The maximum absolute atomic E-state index is 11.9. The van der Waals surface area contributed by atoms with Gasteiger partial charge in [0, 0.05) is 12.4 Å². The van der Waals surface area contributed by atoms with Crippen molar-refractivity contribution in [2.45, 2.75) is 20.5 Å². The fourth-order valence-corrected chi connectivity index (χ4v) is 1.89. The Labute approximate surface area is 122 Å². The SMILES string of the molecule is Cc1cncc(C(=O)OCc2ccc(C)c(C(=O)O)c2)c1. The van der Waals surface area contributed by atoms with Crippen LogP contribution in [0, 0.1) is 13.8 Å². The van der Waals surface area contributed by atoms with Crippen LogP contribution >= 0.6 is 0 Å². The number of carboxylic acids is 1. The molecule has 1 heterocycles. The van der Waals surface area contributed by atoms with Crippen molar-refractivity contribution in [3.8, 4) is 0 Å². The normalized spacial score (nSPS) is 10.2. The first-order valence-electron chi connectivity index (χ1n) is 6.39. The van der Waals surface area contributed by atoms with Gasteiger partial charge >= 0.3 is 11.9 Å². The number of aromatic carboxylic acids is 1. The van der Waals surface area contributed by atoms with E-state index in [0.29, 0.717) is 16.7 Å². The summed E-state index contributed by atoms with van der Waals surface area (Å²) in [6.07, 6.45) is 3.09. The van der Waals surface area contributed by atoms with E-state index >= 15 is 0 Å². The van der Waals surface area contributed by atoms with Gasteiger partial charge in [-0.05, 0) is 42.7 Å². The Balaban J connectivity index is 2.08. The number of carbonyl (C=O) groups excluding carboxylic acids is 1. The van der Waals surface area contributed by atoms with Gasteiger partial charge < -0.3 is 9.84 Å². The molecule has 1 aromatic carbocycles. The molecule has 0 atom stereocenters. The highest BCUT2D eigenvalue weighted by Crippen LogP contribution is 2.13. The summed E-state index contributed by atoms with van der Waals surface area (Å²) in [5, 5.41) is 9.06. The van der Waals surface area contributed by atoms with Gasteiger partial charge in [-0.1, -0.05) is 12.1 Å². The van der Waals surface area contributed by atoms with Gasteiger partial charge in [-0.15, -0.1) is 0 Å². The number of hydrogen-bond donors (Lipinski definition) is 1. The number of aromatic nitrogens is 1. The molecule has 0 spiro atoms. The zero-order chi connectivity index (χ0) is 15.4. The monoisotopic (exact) mass is 285 g/mol. The van der Waals surface area contributed by atoms with Crippen molar-refractivity contribution >= 4 is 11.9 Å². The van der Waals surface area contributed by atoms with Crippen molar-refractivity contribution in [1.82, 2.24) is 4.98 Å². The molecule has 0 radical (unpaired) electrons. The molecule has 1 aromatic heterocycles. The minimum Gasteiger partial charge on any atom is -0.478 e. The van der Waals surface area contributed by atoms with Gasteiger partial charge in [0.1, 0.15) is 6.61 Å². The first kappa shape index (κ1) is 14.7. The molecular weight excluding hydrogens is 270 g/mol. The van der Waals surface area contributed by atoms with E-state index in [9.17, 15) is 9.59 Å². The topological polar surface area (TPSA) is 76.5 Å². The standard InChI is InChI=1S/C16H15NO4/c1-10-5-13(8-17-7-10)16(20)21-9-12-4-3-11(2)14(6-12)15(18)19/h3-8H,9H2,1-2H3,(H,18,19). The number of aryl methyl sites for hydroxylation is 2. The van der Waals surface area contributed by atoms with Gasteiger partial charge in [0.2, 0.25) is 0 Å². The third-order valence-corrected chi connectivity index (χ3v) is 3.01. The summed E-state index contributed by atoms with van der Waals surface area (Å²) in [6, 6.07) is 6.64. The molecule has 0 aliphatic rings. The molecule has 0 saturated carbocycles. The van der Waals surface area contributed by atoms with Crippen LogP contribution in [-0.2, 0) is 11.3 Å². The van der Waals surface area contributed by atoms with Gasteiger partial charge in [0.05, 0.1) is 11.1 Å². The summed E-state index contributed by atoms with van der Waals surface area (Å²) in [4.78, 5) is 26.9. The Morgan fingerprint density at radius 1 is 1.19 bits per heavy atom. The highest BCUT2D eigenvalue weighted by molar-refractivity contribution is 5.90. The molecule has 0 unspecified atom stereocenters. The third-order valence-electron chi connectivity index (χ3n) is 3.01. The van der Waals surface area contributed by atoms with Gasteiger partial charge in [-0.25, -0.2) is 9.59 Å². The van der Waals surface area contributed by atoms with E-state index in [4.69, 9.17) is 9.84 Å². The molecule has 5 heteroatoms. The molecule has 21 heavy (non-hydrogen) atoms. The molecule has 0 aliphatic carbocycles. The van der Waals surface area contributed by atoms with Gasteiger partial charge in [-0.2, -0.15) is 0 Å². The van der Waals surface area contributed by atoms with Crippen molar-refractivity contribution in [1.29, 1.82) is 0 Å². The number of hydrogen-bond acceptors (Lipinski definition) is 4. The molecule has 5 nitrogen and oxygen atoms in total. The van der Waals surface area contributed by atoms with Crippen LogP contribution in [0.4, 0.5) is 0 Å². The molecule has 2 aromatic rings. The summed E-state index contributed by atoms with van der Waals surface area (Å²) in [7, 11) is 0. The predicted molar refractivity (Wildman–Crippen MR) is 76.2 cm³/mol. The Bertz CT molecular complexity index is 694. The van der Waals surface area contributed by atoms with Gasteiger partial charge in [0.25, 0.3) is 0 Å². The first-order valence-corrected chi connectivity index (χ1v) is 6.39. The van der Waals surface area contributed by atoms with E-state index in [1.165, 1.54) is 12.3 Å². The Morgan fingerprint density at radius 3 is 2.62 bits per heavy atom. The van der Waals surface area contributed by atoms with Crippen molar-refractivity contribution in [3.05, 3.63) is 64.5 Å². The highest BCUT2D eigenvalue weighted by atomic mass is 16.5. The van der Waals surface area contributed by atoms with E-state index in [-0.39, 0.29) is 12.2 Å². The maximum atomic E-state index is 11.9. The van der Waals surface area contributed by atoms with Crippen molar-refractivity contribution < 1.29 is 19.4 Å². The Morgan fingerprint density at radius 2 is 1.95 bits per heavy atom.